The molecule has 0 amide bonds. The first-order valence-corrected chi connectivity index (χ1v) is 8.07. The van der Waals surface area contributed by atoms with E-state index < -0.39 is 9.84 Å². The summed E-state index contributed by atoms with van der Waals surface area (Å²) >= 11 is 5.95. The molecule has 0 aliphatic rings. The predicted octanol–water partition coefficient (Wildman–Crippen LogP) is 1.75. The summed E-state index contributed by atoms with van der Waals surface area (Å²) in [6.07, 6.45) is 0. The third-order valence-electron chi connectivity index (χ3n) is 2.77. The van der Waals surface area contributed by atoms with Gasteiger partial charge in [-0.2, -0.15) is 5.26 Å². The normalized spacial score (nSPS) is 11.6. The molecule has 0 aliphatic carbocycles. The highest BCUT2D eigenvalue weighted by Crippen LogP contribution is 2.25. The minimum absolute atomic E-state index is 0.0117. The molecule has 0 atom stereocenters. The molecule has 1 heterocycles. The lowest BCUT2D eigenvalue weighted by molar-refractivity contribution is 0.498. The van der Waals surface area contributed by atoms with Crippen molar-refractivity contribution in [3.05, 3.63) is 34.6 Å². The molecule has 2 aromatic rings. The van der Waals surface area contributed by atoms with Gasteiger partial charge in [0.25, 0.3) is 0 Å². The summed E-state index contributed by atoms with van der Waals surface area (Å²) in [5.41, 5.74) is 0.297. The van der Waals surface area contributed by atoms with Crippen LogP contribution in [0.5, 0.6) is 0 Å². The Bertz CT molecular complexity index is 807. The maximum Gasteiger partial charge on any atom is 0.187 e. The minimum atomic E-state index is -3.70. The monoisotopic (exact) mass is 325 g/mol. The van der Waals surface area contributed by atoms with Gasteiger partial charge in [0.05, 0.1) is 27.6 Å². The van der Waals surface area contributed by atoms with Crippen LogP contribution in [-0.2, 0) is 15.6 Å². The van der Waals surface area contributed by atoms with Crippen LogP contribution in [0.2, 0.25) is 5.02 Å². The van der Waals surface area contributed by atoms with E-state index in [1.807, 2.05) is 19.9 Å². The summed E-state index contributed by atoms with van der Waals surface area (Å²) in [6.45, 7) is 3.70. The van der Waals surface area contributed by atoms with Crippen molar-refractivity contribution >= 4 is 21.4 Å². The molecule has 0 aliphatic heterocycles. The molecule has 0 bridgehead atoms. The second-order valence-corrected chi connectivity index (χ2v) is 7.01. The Morgan fingerprint density at radius 2 is 2.14 bits per heavy atom. The van der Waals surface area contributed by atoms with Gasteiger partial charge in [-0.25, -0.2) is 13.1 Å². The van der Waals surface area contributed by atoms with Gasteiger partial charge in [0.2, 0.25) is 0 Å². The summed E-state index contributed by atoms with van der Waals surface area (Å²) in [6, 6.07) is 5.89. The number of aromatic nitrogens is 4. The largest absolute Gasteiger partial charge is 0.226 e. The van der Waals surface area contributed by atoms with Crippen molar-refractivity contribution in [3.63, 3.8) is 0 Å². The van der Waals surface area contributed by atoms with Crippen LogP contribution in [0.15, 0.2) is 23.1 Å². The Labute approximate surface area is 127 Å². The van der Waals surface area contributed by atoms with Crippen LogP contribution >= 0.6 is 11.6 Å². The average Bonchev–Trinajstić information content (AvgIpc) is 2.85. The lowest BCUT2D eigenvalue weighted by Crippen LogP contribution is -2.14. The van der Waals surface area contributed by atoms with Crippen LogP contribution in [0.1, 0.15) is 31.3 Å². The second kappa shape index (κ2) is 5.79. The van der Waals surface area contributed by atoms with E-state index in [4.69, 9.17) is 16.9 Å². The molecular weight excluding hydrogens is 314 g/mol. The number of sulfone groups is 1. The fourth-order valence-corrected chi connectivity index (χ4v) is 3.63. The molecule has 2 rings (SSSR count). The molecule has 1 aromatic heterocycles. The Hall–Kier alpha value is -1.98. The number of nitriles is 1. The van der Waals surface area contributed by atoms with Gasteiger partial charge in [0, 0.05) is 0 Å². The Balaban J connectivity index is 2.39. The Kier molecular flexibility index (Phi) is 4.25. The fraction of sp³-hybridized carbons (Fsp3) is 0.333. The van der Waals surface area contributed by atoms with Gasteiger partial charge in [-0.05, 0) is 42.5 Å². The minimum Gasteiger partial charge on any atom is -0.226 e. The fourth-order valence-electron chi connectivity index (χ4n) is 1.78. The van der Waals surface area contributed by atoms with Crippen LogP contribution in [0.3, 0.4) is 0 Å². The molecule has 0 saturated carbocycles. The van der Waals surface area contributed by atoms with Crippen LogP contribution in [0.25, 0.3) is 0 Å². The first-order valence-electron chi connectivity index (χ1n) is 6.04. The van der Waals surface area contributed by atoms with Crippen LogP contribution < -0.4 is 0 Å². The Morgan fingerprint density at radius 1 is 1.43 bits per heavy atom. The zero-order valence-corrected chi connectivity index (χ0v) is 12.9. The van der Waals surface area contributed by atoms with E-state index in [9.17, 15) is 8.42 Å². The highest BCUT2D eigenvalue weighted by Gasteiger charge is 2.23. The number of rotatable bonds is 4. The van der Waals surface area contributed by atoms with E-state index in [2.05, 4.69) is 15.5 Å². The summed E-state index contributed by atoms with van der Waals surface area (Å²) < 4.78 is 26.3. The summed E-state index contributed by atoms with van der Waals surface area (Å²) in [7, 11) is -3.70. The summed E-state index contributed by atoms with van der Waals surface area (Å²) in [5, 5.41) is 19.8. The third-order valence-corrected chi connectivity index (χ3v) is 4.85. The molecule has 9 heteroatoms. The molecule has 0 radical (unpaired) electrons. The zero-order chi connectivity index (χ0) is 15.6. The molecular formula is C12H12ClN5O2S. The second-order valence-electron chi connectivity index (χ2n) is 4.65. The first kappa shape index (κ1) is 15.4. The average molecular weight is 326 g/mol. The molecule has 21 heavy (non-hydrogen) atoms. The topological polar surface area (TPSA) is 102 Å². The lowest BCUT2D eigenvalue weighted by Gasteiger charge is -2.09. The third kappa shape index (κ3) is 3.20. The maximum atomic E-state index is 12.4. The number of hydrogen-bond donors (Lipinski definition) is 0. The predicted molar refractivity (Wildman–Crippen MR) is 75.3 cm³/mol. The molecule has 110 valence electrons. The van der Waals surface area contributed by atoms with E-state index >= 15 is 0 Å². The molecule has 0 fully saturated rings. The highest BCUT2D eigenvalue weighted by molar-refractivity contribution is 7.90. The quantitative estimate of drug-likeness (QED) is 0.848. The molecule has 7 nitrogen and oxygen atoms in total. The SMILES string of the molecule is CC(C)n1nnnc1CS(=O)(=O)c1ccc(C#N)cc1Cl. The van der Waals surface area contributed by atoms with Crippen molar-refractivity contribution in [2.75, 3.05) is 0 Å². The summed E-state index contributed by atoms with van der Waals surface area (Å²) in [5.74, 6) is -0.116. The standard InChI is InChI=1S/C12H12ClN5O2S/c1-8(2)18-12(15-16-17-18)7-21(19,20)11-4-3-9(6-14)5-10(11)13/h3-5,8H,7H2,1-2H3. The van der Waals surface area contributed by atoms with Crippen LogP contribution in [0.4, 0.5) is 0 Å². The van der Waals surface area contributed by atoms with E-state index in [-0.39, 0.29) is 27.5 Å². The van der Waals surface area contributed by atoms with Gasteiger partial charge in [0.1, 0.15) is 5.75 Å². The van der Waals surface area contributed by atoms with Crippen LogP contribution in [0, 0.1) is 11.3 Å². The molecule has 1 aromatic carbocycles. The number of benzene rings is 1. The number of nitrogens with zero attached hydrogens (tertiary/aromatic N) is 5. The van der Waals surface area contributed by atoms with Gasteiger partial charge in [-0.3, -0.25) is 0 Å². The van der Waals surface area contributed by atoms with Gasteiger partial charge in [0.15, 0.2) is 15.7 Å². The first-order chi connectivity index (χ1) is 9.85. The summed E-state index contributed by atoms with van der Waals surface area (Å²) in [4.78, 5) is -0.0403. The molecule has 0 spiro atoms. The van der Waals surface area contributed by atoms with Crippen LogP contribution in [-0.4, -0.2) is 28.6 Å². The number of tetrazole rings is 1. The van der Waals surface area contributed by atoms with Gasteiger partial charge in [-0.15, -0.1) is 5.10 Å². The molecule has 0 unspecified atom stereocenters. The molecule has 0 N–H and O–H groups in total. The van der Waals surface area contributed by atoms with Gasteiger partial charge < -0.3 is 0 Å². The smallest absolute Gasteiger partial charge is 0.187 e. The van der Waals surface area contributed by atoms with Crippen molar-refractivity contribution in [2.24, 2.45) is 0 Å². The highest BCUT2D eigenvalue weighted by atomic mass is 35.5. The maximum absolute atomic E-state index is 12.4. The van der Waals surface area contributed by atoms with Crippen molar-refractivity contribution in [1.82, 2.24) is 20.2 Å². The lowest BCUT2D eigenvalue weighted by atomic mass is 10.2. The van der Waals surface area contributed by atoms with Crippen molar-refractivity contribution in [3.8, 4) is 6.07 Å². The molecule has 0 saturated heterocycles. The van der Waals surface area contributed by atoms with Crippen molar-refractivity contribution in [1.29, 1.82) is 5.26 Å². The Morgan fingerprint density at radius 3 is 2.71 bits per heavy atom. The number of hydrogen-bond acceptors (Lipinski definition) is 6. The van der Waals surface area contributed by atoms with Gasteiger partial charge >= 0.3 is 0 Å². The van der Waals surface area contributed by atoms with E-state index in [0.29, 0.717) is 5.56 Å². The van der Waals surface area contributed by atoms with Gasteiger partial charge in [-0.1, -0.05) is 11.6 Å². The zero-order valence-electron chi connectivity index (χ0n) is 11.4. The number of halogens is 1. The van der Waals surface area contributed by atoms with E-state index in [1.165, 1.54) is 22.9 Å². The van der Waals surface area contributed by atoms with Crippen molar-refractivity contribution < 1.29 is 8.42 Å². The van der Waals surface area contributed by atoms with E-state index in [1.54, 1.807) is 0 Å². The van der Waals surface area contributed by atoms with E-state index in [0.717, 1.165) is 0 Å². The van der Waals surface area contributed by atoms with Crippen molar-refractivity contribution in [2.45, 2.75) is 30.5 Å².